The Balaban J connectivity index is 1.82. The minimum absolute atomic E-state index is 0.203. The van der Waals surface area contributed by atoms with E-state index in [9.17, 15) is 18.8 Å². The molecule has 170 valence electrons. The van der Waals surface area contributed by atoms with E-state index in [2.05, 4.69) is 10.6 Å². The van der Waals surface area contributed by atoms with E-state index >= 15 is 0 Å². The molecule has 1 saturated heterocycles. The van der Waals surface area contributed by atoms with Gasteiger partial charge in [0.2, 0.25) is 5.91 Å². The summed E-state index contributed by atoms with van der Waals surface area (Å²) in [5.41, 5.74) is 1.19. The predicted molar refractivity (Wildman–Crippen MR) is 116 cm³/mol. The van der Waals surface area contributed by atoms with E-state index in [1.165, 1.54) is 29.2 Å². The first-order valence-corrected chi connectivity index (χ1v) is 10.3. The molecule has 0 bridgehead atoms. The lowest BCUT2D eigenvalue weighted by Gasteiger charge is -2.23. The number of benzene rings is 2. The van der Waals surface area contributed by atoms with Crippen LogP contribution in [0.4, 0.5) is 14.9 Å². The number of likely N-dealkylation sites (tertiary alicyclic amines) is 1. The van der Waals surface area contributed by atoms with Crippen molar-refractivity contribution >= 4 is 23.6 Å². The van der Waals surface area contributed by atoms with Crippen LogP contribution in [0, 0.1) is 5.82 Å². The third kappa shape index (κ3) is 5.16. The highest BCUT2D eigenvalue weighted by molar-refractivity contribution is 5.96. The molecule has 1 fully saturated rings. The molecule has 0 radical (unpaired) electrons. The van der Waals surface area contributed by atoms with Crippen LogP contribution < -0.4 is 15.4 Å². The summed E-state index contributed by atoms with van der Waals surface area (Å²) in [5, 5.41) is 5.30. The smallest absolute Gasteiger partial charge is 0.328 e. The molecule has 2 aromatic carbocycles. The fourth-order valence-electron chi connectivity index (χ4n) is 3.65. The Bertz CT molecular complexity index is 965. The Kier molecular flexibility index (Phi) is 7.29. The van der Waals surface area contributed by atoms with Gasteiger partial charge >= 0.3 is 12.0 Å². The number of ether oxygens (including phenoxy) is 2. The number of hydrogen-bond acceptors (Lipinski definition) is 5. The van der Waals surface area contributed by atoms with Crippen molar-refractivity contribution in [1.29, 1.82) is 0 Å². The number of anilines is 1. The topological polar surface area (TPSA) is 97.0 Å². The number of carbonyl (C=O) groups excluding carboxylic acids is 3. The number of carbonyl (C=O) groups is 3. The standard InChI is InChI=1S/C23H26FN3O5/c1-4-32-22(29)14(2)27-13-19(15-5-11-18(31-3)12-6-15)20(21(27)28)26-23(30)25-17-9-7-16(24)8-10-17/h5-12,14,19-20H,4,13H2,1-3H3,(H2,25,26,30). The normalized spacial score (nSPS) is 18.8. The fourth-order valence-corrected chi connectivity index (χ4v) is 3.65. The number of rotatable bonds is 7. The van der Waals surface area contributed by atoms with Crippen molar-refractivity contribution in [2.75, 3.05) is 25.6 Å². The van der Waals surface area contributed by atoms with Gasteiger partial charge in [0, 0.05) is 18.2 Å². The minimum atomic E-state index is -0.902. The maximum absolute atomic E-state index is 13.2. The maximum Gasteiger partial charge on any atom is 0.328 e. The molecular weight excluding hydrogens is 417 g/mol. The van der Waals surface area contributed by atoms with Crippen molar-refractivity contribution in [2.24, 2.45) is 0 Å². The van der Waals surface area contributed by atoms with Gasteiger partial charge in [0.25, 0.3) is 0 Å². The summed E-state index contributed by atoms with van der Waals surface area (Å²) in [6.45, 7) is 3.73. The van der Waals surface area contributed by atoms with Gasteiger partial charge in [-0.2, -0.15) is 0 Å². The van der Waals surface area contributed by atoms with Crippen molar-refractivity contribution < 1.29 is 28.2 Å². The van der Waals surface area contributed by atoms with Crippen LogP contribution in [0.2, 0.25) is 0 Å². The third-order valence-corrected chi connectivity index (χ3v) is 5.37. The zero-order valence-electron chi connectivity index (χ0n) is 18.1. The number of methoxy groups -OCH3 is 1. The van der Waals surface area contributed by atoms with Crippen LogP contribution in [0.5, 0.6) is 5.75 Å². The average molecular weight is 443 g/mol. The van der Waals surface area contributed by atoms with Gasteiger partial charge in [0.05, 0.1) is 13.7 Å². The summed E-state index contributed by atoms with van der Waals surface area (Å²) in [5.74, 6) is -1.06. The maximum atomic E-state index is 13.2. The zero-order valence-corrected chi connectivity index (χ0v) is 18.1. The molecule has 0 spiro atoms. The first-order chi connectivity index (χ1) is 15.3. The van der Waals surface area contributed by atoms with Crippen molar-refractivity contribution in [3.8, 4) is 5.75 Å². The van der Waals surface area contributed by atoms with Gasteiger partial charge in [-0.1, -0.05) is 12.1 Å². The lowest BCUT2D eigenvalue weighted by molar-refractivity contribution is -0.152. The lowest BCUT2D eigenvalue weighted by Crippen LogP contribution is -2.48. The van der Waals surface area contributed by atoms with Gasteiger partial charge in [0.1, 0.15) is 23.7 Å². The van der Waals surface area contributed by atoms with Gasteiger partial charge < -0.3 is 25.0 Å². The van der Waals surface area contributed by atoms with E-state index in [1.54, 1.807) is 33.1 Å². The van der Waals surface area contributed by atoms with Crippen LogP contribution in [-0.4, -0.2) is 55.2 Å². The van der Waals surface area contributed by atoms with Crippen LogP contribution in [0.1, 0.15) is 25.3 Å². The van der Waals surface area contributed by atoms with Gasteiger partial charge in [-0.25, -0.2) is 14.0 Å². The molecule has 3 unspecified atom stereocenters. The zero-order chi connectivity index (χ0) is 23.3. The SMILES string of the molecule is CCOC(=O)C(C)N1CC(c2ccc(OC)cc2)C(NC(=O)Nc2ccc(F)cc2)C1=O. The van der Waals surface area contributed by atoms with E-state index in [0.29, 0.717) is 11.4 Å². The van der Waals surface area contributed by atoms with E-state index < -0.39 is 35.8 Å². The second-order valence-corrected chi connectivity index (χ2v) is 7.38. The van der Waals surface area contributed by atoms with Gasteiger partial charge in [0.15, 0.2) is 0 Å². The van der Waals surface area contributed by atoms with Crippen molar-refractivity contribution in [3.63, 3.8) is 0 Å². The summed E-state index contributed by atoms with van der Waals surface area (Å²) in [7, 11) is 1.56. The van der Waals surface area contributed by atoms with Crippen LogP contribution >= 0.6 is 0 Å². The van der Waals surface area contributed by atoms with Crippen LogP contribution in [0.25, 0.3) is 0 Å². The predicted octanol–water partition coefficient (Wildman–Crippen LogP) is 2.90. The highest BCUT2D eigenvalue weighted by atomic mass is 19.1. The molecule has 8 nitrogen and oxygen atoms in total. The molecule has 0 aliphatic carbocycles. The van der Waals surface area contributed by atoms with E-state index in [1.807, 2.05) is 12.1 Å². The molecule has 1 aliphatic rings. The molecule has 9 heteroatoms. The summed E-state index contributed by atoms with van der Waals surface area (Å²) >= 11 is 0. The van der Waals surface area contributed by atoms with Crippen LogP contribution in [0.15, 0.2) is 48.5 Å². The Morgan fingerprint density at radius 2 is 1.81 bits per heavy atom. The number of nitrogens with one attached hydrogen (secondary N) is 2. The van der Waals surface area contributed by atoms with Gasteiger partial charge in [-0.3, -0.25) is 4.79 Å². The molecule has 3 rings (SSSR count). The van der Waals surface area contributed by atoms with Crippen molar-refractivity contribution in [1.82, 2.24) is 10.2 Å². The Hall–Kier alpha value is -3.62. The van der Waals surface area contributed by atoms with E-state index in [-0.39, 0.29) is 19.1 Å². The first kappa shape index (κ1) is 23.1. The van der Waals surface area contributed by atoms with Gasteiger partial charge in [-0.05, 0) is 55.8 Å². The second kappa shape index (κ2) is 10.1. The number of urea groups is 1. The van der Waals surface area contributed by atoms with E-state index in [0.717, 1.165) is 5.56 Å². The van der Waals surface area contributed by atoms with E-state index in [4.69, 9.17) is 9.47 Å². The molecule has 1 heterocycles. The molecule has 2 N–H and O–H groups in total. The molecule has 3 atom stereocenters. The Morgan fingerprint density at radius 3 is 2.41 bits per heavy atom. The Labute approximate surface area is 185 Å². The Morgan fingerprint density at radius 1 is 1.16 bits per heavy atom. The molecule has 3 amide bonds. The van der Waals surface area contributed by atoms with Crippen molar-refractivity contribution in [2.45, 2.75) is 31.8 Å². The summed E-state index contributed by atoms with van der Waals surface area (Å²) < 4.78 is 23.4. The highest BCUT2D eigenvalue weighted by Crippen LogP contribution is 2.31. The number of halogens is 1. The lowest BCUT2D eigenvalue weighted by atomic mass is 9.94. The second-order valence-electron chi connectivity index (χ2n) is 7.38. The first-order valence-electron chi connectivity index (χ1n) is 10.3. The van der Waals surface area contributed by atoms with Gasteiger partial charge in [-0.15, -0.1) is 0 Å². The number of hydrogen-bond donors (Lipinski definition) is 2. The average Bonchev–Trinajstić information content (AvgIpc) is 3.11. The molecular formula is C23H26FN3O5. The molecule has 0 saturated carbocycles. The number of nitrogens with zero attached hydrogens (tertiary/aromatic N) is 1. The summed E-state index contributed by atoms with van der Waals surface area (Å²) in [6, 6.07) is 10.2. The highest BCUT2D eigenvalue weighted by Gasteiger charge is 2.45. The van der Waals surface area contributed by atoms with Crippen LogP contribution in [0.3, 0.4) is 0 Å². The quantitative estimate of drug-likeness (QED) is 0.642. The third-order valence-electron chi connectivity index (χ3n) is 5.37. The number of amides is 3. The van der Waals surface area contributed by atoms with Crippen molar-refractivity contribution in [3.05, 3.63) is 59.9 Å². The molecule has 1 aliphatic heterocycles. The largest absolute Gasteiger partial charge is 0.497 e. The minimum Gasteiger partial charge on any atom is -0.497 e. The fraction of sp³-hybridized carbons (Fsp3) is 0.348. The molecule has 2 aromatic rings. The van der Waals surface area contributed by atoms with Crippen LogP contribution in [-0.2, 0) is 14.3 Å². The summed E-state index contributed by atoms with van der Waals surface area (Å²) in [6.07, 6.45) is 0. The molecule has 0 aromatic heterocycles. The monoisotopic (exact) mass is 443 g/mol. The summed E-state index contributed by atoms with van der Waals surface area (Å²) in [4.78, 5) is 39.4. The number of esters is 1. The molecule has 32 heavy (non-hydrogen) atoms.